The molecule has 1 fully saturated rings. The summed E-state index contributed by atoms with van der Waals surface area (Å²) in [4.78, 5) is 3.96. The van der Waals surface area contributed by atoms with Gasteiger partial charge in [-0.2, -0.15) is 0 Å². The average molecular weight is 259 g/mol. The minimum Gasteiger partial charge on any atom is -0.383 e. The van der Waals surface area contributed by atoms with Gasteiger partial charge in [0.25, 0.3) is 0 Å². The Balaban J connectivity index is 1.89. The summed E-state index contributed by atoms with van der Waals surface area (Å²) < 4.78 is 0. The van der Waals surface area contributed by atoms with Crippen LogP contribution < -0.4 is 5.32 Å². The van der Waals surface area contributed by atoms with Gasteiger partial charge in [0.1, 0.15) is 0 Å². The zero-order valence-electron chi connectivity index (χ0n) is 9.13. The van der Waals surface area contributed by atoms with Crippen LogP contribution in [0.15, 0.2) is 18.5 Å². The van der Waals surface area contributed by atoms with Gasteiger partial charge in [-0.3, -0.25) is 4.98 Å². The molecule has 1 aromatic rings. The highest BCUT2D eigenvalue weighted by atomic mass is 35.5. The van der Waals surface area contributed by atoms with Crippen molar-refractivity contribution in [2.75, 3.05) is 11.9 Å². The summed E-state index contributed by atoms with van der Waals surface area (Å²) in [5, 5.41) is 4.33. The molecule has 1 heterocycles. The molecule has 2 atom stereocenters. The Hall–Kier alpha value is -0.470. The fourth-order valence-electron chi connectivity index (χ4n) is 2.15. The standard InChI is InChI=1S/C12H16Cl2N2/c13-10-4-2-1-3-9(10)7-16-12-5-6-15-8-11(12)14/h5-6,8-10H,1-4,7H2,(H,15,16). The van der Waals surface area contributed by atoms with Crippen LogP contribution in [-0.2, 0) is 0 Å². The van der Waals surface area contributed by atoms with Gasteiger partial charge in [0.05, 0.1) is 10.7 Å². The maximum atomic E-state index is 6.30. The van der Waals surface area contributed by atoms with Gasteiger partial charge < -0.3 is 5.32 Å². The molecule has 2 rings (SSSR count). The average Bonchev–Trinajstić information content (AvgIpc) is 2.30. The highest BCUT2D eigenvalue weighted by Crippen LogP contribution is 2.29. The molecule has 0 amide bonds. The number of halogens is 2. The van der Waals surface area contributed by atoms with Crippen LogP contribution in [0, 0.1) is 5.92 Å². The van der Waals surface area contributed by atoms with Crippen LogP contribution in [0.3, 0.4) is 0 Å². The zero-order chi connectivity index (χ0) is 11.4. The Morgan fingerprint density at radius 3 is 2.94 bits per heavy atom. The van der Waals surface area contributed by atoms with E-state index in [2.05, 4.69) is 10.3 Å². The molecule has 1 saturated carbocycles. The second kappa shape index (κ2) is 5.74. The van der Waals surface area contributed by atoms with Gasteiger partial charge in [0, 0.05) is 24.3 Å². The molecule has 0 aromatic carbocycles. The van der Waals surface area contributed by atoms with Crippen molar-refractivity contribution in [2.24, 2.45) is 5.92 Å². The van der Waals surface area contributed by atoms with Gasteiger partial charge in [-0.1, -0.05) is 24.4 Å². The number of hydrogen-bond acceptors (Lipinski definition) is 2. The third-order valence-electron chi connectivity index (χ3n) is 3.14. The molecule has 16 heavy (non-hydrogen) atoms. The van der Waals surface area contributed by atoms with Gasteiger partial charge in [0.2, 0.25) is 0 Å². The minimum atomic E-state index is 0.307. The van der Waals surface area contributed by atoms with E-state index in [-0.39, 0.29) is 0 Å². The fraction of sp³-hybridized carbons (Fsp3) is 0.583. The molecular formula is C12H16Cl2N2. The molecule has 1 aromatic heterocycles. The number of pyridine rings is 1. The molecular weight excluding hydrogens is 243 g/mol. The van der Waals surface area contributed by atoms with E-state index >= 15 is 0 Å². The molecule has 1 aliphatic rings. The van der Waals surface area contributed by atoms with E-state index in [1.54, 1.807) is 12.4 Å². The number of anilines is 1. The van der Waals surface area contributed by atoms with E-state index in [4.69, 9.17) is 23.2 Å². The number of rotatable bonds is 3. The van der Waals surface area contributed by atoms with Crippen LogP contribution in [0.25, 0.3) is 0 Å². The maximum Gasteiger partial charge on any atom is 0.0820 e. The van der Waals surface area contributed by atoms with Crippen molar-refractivity contribution < 1.29 is 0 Å². The van der Waals surface area contributed by atoms with Gasteiger partial charge in [-0.05, 0) is 24.8 Å². The van der Waals surface area contributed by atoms with Gasteiger partial charge in [-0.25, -0.2) is 0 Å². The van der Waals surface area contributed by atoms with Gasteiger partial charge in [0.15, 0.2) is 0 Å². The lowest BCUT2D eigenvalue weighted by molar-refractivity contribution is 0.380. The molecule has 0 spiro atoms. The van der Waals surface area contributed by atoms with Crippen molar-refractivity contribution in [3.05, 3.63) is 23.5 Å². The van der Waals surface area contributed by atoms with E-state index in [1.807, 2.05) is 6.07 Å². The molecule has 0 radical (unpaired) electrons. The van der Waals surface area contributed by atoms with E-state index in [0.717, 1.165) is 18.7 Å². The van der Waals surface area contributed by atoms with E-state index in [0.29, 0.717) is 16.3 Å². The normalized spacial score (nSPS) is 25.4. The summed E-state index contributed by atoms with van der Waals surface area (Å²) >= 11 is 12.3. The lowest BCUT2D eigenvalue weighted by Gasteiger charge is -2.27. The smallest absolute Gasteiger partial charge is 0.0820 e. The molecule has 2 unspecified atom stereocenters. The van der Waals surface area contributed by atoms with Crippen molar-refractivity contribution in [1.82, 2.24) is 4.98 Å². The van der Waals surface area contributed by atoms with Crippen LogP contribution >= 0.6 is 23.2 Å². The summed E-state index contributed by atoms with van der Waals surface area (Å²) in [7, 11) is 0. The van der Waals surface area contributed by atoms with Crippen LogP contribution in [-0.4, -0.2) is 16.9 Å². The Morgan fingerprint density at radius 1 is 1.38 bits per heavy atom. The quantitative estimate of drug-likeness (QED) is 0.831. The largest absolute Gasteiger partial charge is 0.383 e. The van der Waals surface area contributed by atoms with Crippen molar-refractivity contribution >= 4 is 28.9 Å². The van der Waals surface area contributed by atoms with E-state index in [9.17, 15) is 0 Å². The second-order valence-corrected chi connectivity index (χ2v) is 5.26. The molecule has 0 aliphatic heterocycles. The minimum absolute atomic E-state index is 0.307. The first kappa shape index (κ1) is 12.0. The Bertz CT molecular complexity index is 344. The molecule has 0 bridgehead atoms. The third kappa shape index (κ3) is 3.02. The molecule has 0 saturated heterocycles. The predicted molar refractivity (Wildman–Crippen MR) is 69.3 cm³/mol. The Morgan fingerprint density at radius 2 is 2.19 bits per heavy atom. The predicted octanol–water partition coefficient (Wildman–Crippen LogP) is 3.94. The van der Waals surface area contributed by atoms with E-state index < -0.39 is 0 Å². The monoisotopic (exact) mass is 258 g/mol. The van der Waals surface area contributed by atoms with Crippen molar-refractivity contribution in [3.8, 4) is 0 Å². The van der Waals surface area contributed by atoms with Crippen LogP contribution in [0.2, 0.25) is 5.02 Å². The number of alkyl halides is 1. The van der Waals surface area contributed by atoms with Crippen molar-refractivity contribution in [1.29, 1.82) is 0 Å². The summed E-state index contributed by atoms with van der Waals surface area (Å²) in [6, 6.07) is 1.90. The molecule has 1 N–H and O–H groups in total. The molecule has 1 aliphatic carbocycles. The summed E-state index contributed by atoms with van der Waals surface area (Å²) in [6.45, 7) is 0.901. The molecule has 88 valence electrons. The lowest BCUT2D eigenvalue weighted by atomic mass is 9.89. The first-order valence-corrected chi connectivity index (χ1v) is 6.56. The number of hydrogen-bond donors (Lipinski definition) is 1. The Labute approximate surface area is 106 Å². The zero-order valence-corrected chi connectivity index (χ0v) is 10.6. The topological polar surface area (TPSA) is 24.9 Å². The molecule has 2 nitrogen and oxygen atoms in total. The summed E-state index contributed by atoms with van der Waals surface area (Å²) in [5.74, 6) is 0.555. The first-order valence-electron chi connectivity index (χ1n) is 5.75. The van der Waals surface area contributed by atoms with Crippen LogP contribution in [0.5, 0.6) is 0 Å². The number of nitrogens with one attached hydrogen (secondary N) is 1. The highest BCUT2D eigenvalue weighted by molar-refractivity contribution is 6.33. The van der Waals surface area contributed by atoms with Crippen molar-refractivity contribution in [3.63, 3.8) is 0 Å². The van der Waals surface area contributed by atoms with Crippen molar-refractivity contribution in [2.45, 2.75) is 31.1 Å². The molecule has 4 heteroatoms. The number of aromatic nitrogens is 1. The fourth-order valence-corrected chi connectivity index (χ4v) is 2.71. The summed E-state index contributed by atoms with van der Waals surface area (Å²) in [5.41, 5.74) is 0.950. The SMILES string of the molecule is Clc1cnccc1NCC1CCCCC1Cl. The maximum absolute atomic E-state index is 6.30. The first-order chi connectivity index (χ1) is 7.77. The highest BCUT2D eigenvalue weighted by Gasteiger charge is 2.22. The van der Waals surface area contributed by atoms with E-state index in [1.165, 1.54) is 19.3 Å². The van der Waals surface area contributed by atoms with Gasteiger partial charge in [-0.15, -0.1) is 11.6 Å². The van der Waals surface area contributed by atoms with Crippen LogP contribution in [0.1, 0.15) is 25.7 Å². The Kier molecular flexibility index (Phi) is 4.30. The third-order valence-corrected chi connectivity index (χ3v) is 4.02. The summed E-state index contributed by atoms with van der Waals surface area (Å²) in [6.07, 6.45) is 8.30. The lowest BCUT2D eigenvalue weighted by Crippen LogP contribution is -2.26. The second-order valence-electron chi connectivity index (χ2n) is 4.30. The number of nitrogens with zero attached hydrogens (tertiary/aromatic N) is 1. The van der Waals surface area contributed by atoms with Crippen LogP contribution in [0.4, 0.5) is 5.69 Å². The van der Waals surface area contributed by atoms with Gasteiger partial charge >= 0.3 is 0 Å².